The fourth-order valence-electron chi connectivity index (χ4n) is 1.98. The van der Waals surface area contributed by atoms with Crippen LogP contribution in [0.15, 0.2) is 41.3 Å². The first-order valence-electron chi connectivity index (χ1n) is 6.06. The third-order valence-corrected chi connectivity index (χ3v) is 2.80. The van der Waals surface area contributed by atoms with Crippen LogP contribution in [-0.4, -0.2) is 15.8 Å². The highest BCUT2D eigenvalue weighted by Crippen LogP contribution is 2.17. The van der Waals surface area contributed by atoms with Crippen LogP contribution in [0.1, 0.15) is 32.1 Å². The molecule has 0 radical (unpaired) electrons. The molecule has 17 heavy (non-hydrogen) atoms. The molecule has 2 unspecified atom stereocenters. The standard InChI is InChI=1S/C13H19N3O/c1-3-12(13-6-4-9-17-13)15-11(2)10-16-8-5-7-14-16/h4-9,11-12,15H,3,10H2,1-2H3. The second-order valence-electron chi connectivity index (χ2n) is 4.27. The van der Waals surface area contributed by atoms with Crippen molar-refractivity contribution in [2.75, 3.05) is 0 Å². The number of nitrogens with one attached hydrogen (secondary N) is 1. The lowest BCUT2D eigenvalue weighted by molar-refractivity contribution is 0.347. The number of hydrogen-bond acceptors (Lipinski definition) is 3. The Hall–Kier alpha value is -1.55. The zero-order valence-electron chi connectivity index (χ0n) is 10.3. The Morgan fingerprint density at radius 1 is 1.47 bits per heavy atom. The van der Waals surface area contributed by atoms with Crippen LogP contribution in [0.25, 0.3) is 0 Å². The highest BCUT2D eigenvalue weighted by Gasteiger charge is 2.14. The molecule has 0 fully saturated rings. The fourth-order valence-corrected chi connectivity index (χ4v) is 1.98. The fraction of sp³-hybridized carbons (Fsp3) is 0.462. The summed E-state index contributed by atoms with van der Waals surface area (Å²) in [6.07, 6.45) is 6.51. The molecule has 0 aliphatic rings. The van der Waals surface area contributed by atoms with E-state index < -0.39 is 0 Å². The maximum atomic E-state index is 5.44. The van der Waals surface area contributed by atoms with Gasteiger partial charge >= 0.3 is 0 Å². The molecule has 4 nitrogen and oxygen atoms in total. The summed E-state index contributed by atoms with van der Waals surface area (Å²) in [5.41, 5.74) is 0. The highest BCUT2D eigenvalue weighted by molar-refractivity contribution is 5.04. The molecule has 1 N–H and O–H groups in total. The molecule has 0 saturated carbocycles. The summed E-state index contributed by atoms with van der Waals surface area (Å²) in [5.74, 6) is 1.000. The molecule has 2 aromatic rings. The molecule has 92 valence electrons. The van der Waals surface area contributed by atoms with Crippen molar-refractivity contribution >= 4 is 0 Å². The minimum absolute atomic E-state index is 0.274. The molecule has 2 atom stereocenters. The normalized spacial score (nSPS) is 14.7. The number of rotatable bonds is 6. The van der Waals surface area contributed by atoms with Crippen molar-refractivity contribution in [1.29, 1.82) is 0 Å². The van der Waals surface area contributed by atoms with Gasteiger partial charge in [-0.3, -0.25) is 4.68 Å². The zero-order chi connectivity index (χ0) is 12.1. The van der Waals surface area contributed by atoms with Gasteiger partial charge in [0, 0.05) is 18.4 Å². The van der Waals surface area contributed by atoms with E-state index in [9.17, 15) is 0 Å². The lowest BCUT2D eigenvalue weighted by atomic mass is 10.1. The Morgan fingerprint density at radius 2 is 2.35 bits per heavy atom. The molecular formula is C13H19N3O. The Bertz CT molecular complexity index is 408. The van der Waals surface area contributed by atoms with Crippen LogP contribution in [0.2, 0.25) is 0 Å². The molecule has 2 heterocycles. The summed E-state index contributed by atoms with van der Waals surface area (Å²) >= 11 is 0. The molecule has 0 aliphatic carbocycles. The van der Waals surface area contributed by atoms with E-state index in [1.165, 1.54) is 0 Å². The van der Waals surface area contributed by atoms with Crippen LogP contribution in [0.3, 0.4) is 0 Å². The summed E-state index contributed by atoms with van der Waals surface area (Å²) < 4.78 is 7.37. The van der Waals surface area contributed by atoms with Crippen molar-refractivity contribution < 1.29 is 4.42 Å². The minimum Gasteiger partial charge on any atom is -0.468 e. The summed E-state index contributed by atoms with van der Waals surface area (Å²) in [6, 6.07) is 6.51. The van der Waals surface area contributed by atoms with Crippen molar-refractivity contribution in [3.63, 3.8) is 0 Å². The molecule has 4 heteroatoms. The second-order valence-corrected chi connectivity index (χ2v) is 4.27. The van der Waals surface area contributed by atoms with Gasteiger partial charge in [-0.25, -0.2) is 0 Å². The summed E-state index contributed by atoms with van der Waals surface area (Å²) in [4.78, 5) is 0. The van der Waals surface area contributed by atoms with Gasteiger partial charge < -0.3 is 9.73 Å². The van der Waals surface area contributed by atoms with Gasteiger partial charge in [0.15, 0.2) is 0 Å². The van der Waals surface area contributed by atoms with Crippen LogP contribution >= 0.6 is 0 Å². The third kappa shape index (κ3) is 3.20. The average Bonchev–Trinajstić information content (AvgIpc) is 2.97. The first kappa shape index (κ1) is 11.9. The number of nitrogens with zero attached hydrogens (tertiary/aromatic N) is 2. The number of aromatic nitrogens is 2. The van der Waals surface area contributed by atoms with Crippen molar-refractivity contribution in [3.8, 4) is 0 Å². The van der Waals surface area contributed by atoms with Crippen molar-refractivity contribution in [2.24, 2.45) is 0 Å². The van der Waals surface area contributed by atoms with E-state index in [1.807, 2.05) is 29.1 Å². The van der Waals surface area contributed by atoms with Crippen molar-refractivity contribution in [1.82, 2.24) is 15.1 Å². The third-order valence-electron chi connectivity index (χ3n) is 2.80. The molecule has 0 saturated heterocycles. The van der Waals surface area contributed by atoms with Crippen LogP contribution < -0.4 is 5.32 Å². The van der Waals surface area contributed by atoms with Gasteiger partial charge in [-0.05, 0) is 31.5 Å². The van der Waals surface area contributed by atoms with Crippen LogP contribution in [0, 0.1) is 0 Å². The van der Waals surface area contributed by atoms with E-state index in [1.54, 1.807) is 12.5 Å². The molecule has 0 aliphatic heterocycles. The van der Waals surface area contributed by atoms with Gasteiger partial charge in [-0.15, -0.1) is 0 Å². The van der Waals surface area contributed by atoms with E-state index in [4.69, 9.17) is 4.42 Å². The van der Waals surface area contributed by atoms with Gasteiger partial charge in [0.05, 0.1) is 18.8 Å². The molecule has 2 aromatic heterocycles. The predicted molar refractivity (Wildman–Crippen MR) is 66.6 cm³/mol. The van der Waals surface area contributed by atoms with Crippen LogP contribution in [0.4, 0.5) is 0 Å². The summed E-state index contributed by atoms with van der Waals surface area (Å²) in [6.45, 7) is 5.18. The molecule has 0 bridgehead atoms. The first-order valence-corrected chi connectivity index (χ1v) is 6.06. The molecular weight excluding hydrogens is 214 g/mol. The molecule has 0 amide bonds. The van der Waals surface area contributed by atoms with Gasteiger partial charge in [0.25, 0.3) is 0 Å². The Kier molecular flexibility index (Phi) is 3.98. The van der Waals surface area contributed by atoms with E-state index in [-0.39, 0.29) is 6.04 Å². The SMILES string of the molecule is CCC(NC(C)Cn1cccn1)c1ccco1. The lowest BCUT2D eigenvalue weighted by Gasteiger charge is -2.20. The average molecular weight is 233 g/mol. The van der Waals surface area contributed by atoms with Crippen LogP contribution in [-0.2, 0) is 6.54 Å². The predicted octanol–water partition coefficient (Wildman–Crippen LogP) is 2.61. The van der Waals surface area contributed by atoms with E-state index in [0.29, 0.717) is 6.04 Å². The van der Waals surface area contributed by atoms with Gasteiger partial charge in [0.1, 0.15) is 5.76 Å². The Labute approximate surface area is 102 Å². The molecule has 0 spiro atoms. The van der Waals surface area contributed by atoms with E-state index >= 15 is 0 Å². The molecule has 2 rings (SSSR count). The quantitative estimate of drug-likeness (QED) is 0.834. The Balaban J connectivity index is 1.90. The monoisotopic (exact) mass is 233 g/mol. The summed E-state index contributed by atoms with van der Waals surface area (Å²) in [7, 11) is 0. The zero-order valence-corrected chi connectivity index (χ0v) is 10.3. The molecule has 0 aromatic carbocycles. The summed E-state index contributed by atoms with van der Waals surface area (Å²) in [5, 5.41) is 7.76. The van der Waals surface area contributed by atoms with Gasteiger partial charge in [0.2, 0.25) is 0 Å². The highest BCUT2D eigenvalue weighted by atomic mass is 16.3. The lowest BCUT2D eigenvalue weighted by Crippen LogP contribution is -2.33. The van der Waals surface area contributed by atoms with E-state index in [0.717, 1.165) is 18.7 Å². The van der Waals surface area contributed by atoms with Gasteiger partial charge in [-0.2, -0.15) is 5.10 Å². The number of hydrogen-bond donors (Lipinski definition) is 1. The van der Waals surface area contributed by atoms with E-state index in [2.05, 4.69) is 24.3 Å². The van der Waals surface area contributed by atoms with Gasteiger partial charge in [-0.1, -0.05) is 6.92 Å². The number of furan rings is 1. The first-order chi connectivity index (χ1) is 8.29. The topological polar surface area (TPSA) is 43.0 Å². The second kappa shape index (κ2) is 5.68. The Morgan fingerprint density at radius 3 is 2.94 bits per heavy atom. The maximum absolute atomic E-state index is 5.44. The minimum atomic E-state index is 0.274. The van der Waals surface area contributed by atoms with Crippen molar-refractivity contribution in [3.05, 3.63) is 42.6 Å². The van der Waals surface area contributed by atoms with Crippen LogP contribution in [0.5, 0.6) is 0 Å². The maximum Gasteiger partial charge on any atom is 0.120 e. The largest absolute Gasteiger partial charge is 0.468 e. The smallest absolute Gasteiger partial charge is 0.120 e. The van der Waals surface area contributed by atoms with Crippen molar-refractivity contribution in [2.45, 2.75) is 38.9 Å².